The maximum atomic E-state index is 12.5. The molecule has 1 amide bonds. The van der Waals surface area contributed by atoms with E-state index >= 15 is 0 Å². The van der Waals surface area contributed by atoms with Crippen LogP contribution in [0.5, 0.6) is 5.75 Å². The Morgan fingerprint density at radius 1 is 1.06 bits per heavy atom. The van der Waals surface area contributed by atoms with Crippen LogP contribution in [0.4, 0.5) is 17.2 Å². The van der Waals surface area contributed by atoms with Crippen LogP contribution in [0.25, 0.3) is 10.8 Å². The highest BCUT2D eigenvalue weighted by molar-refractivity contribution is 7.89. The van der Waals surface area contributed by atoms with Crippen molar-refractivity contribution in [2.75, 3.05) is 17.7 Å². The third kappa shape index (κ3) is 5.45. The Bertz CT molecular complexity index is 1470. The molecule has 1 aromatic heterocycles. The van der Waals surface area contributed by atoms with Gasteiger partial charge in [0.05, 0.1) is 18.4 Å². The van der Waals surface area contributed by atoms with Crippen molar-refractivity contribution in [1.82, 2.24) is 4.98 Å². The number of primary sulfonamides is 1. The molecule has 0 spiro atoms. The lowest BCUT2D eigenvalue weighted by Crippen LogP contribution is -2.17. The maximum Gasteiger partial charge on any atom is 0.238 e. The topological polar surface area (TPSA) is 123 Å². The van der Waals surface area contributed by atoms with E-state index in [4.69, 9.17) is 21.5 Å². The quantitative estimate of drug-likeness (QED) is 0.347. The molecule has 0 radical (unpaired) electrons. The molecular weight excluding hydrogens is 476 g/mol. The number of amides is 1. The van der Waals surface area contributed by atoms with Gasteiger partial charge in [0.2, 0.25) is 15.9 Å². The van der Waals surface area contributed by atoms with E-state index < -0.39 is 10.0 Å². The van der Waals surface area contributed by atoms with Crippen LogP contribution < -0.4 is 20.5 Å². The molecule has 8 nitrogen and oxygen atoms in total. The Balaban J connectivity index is 1.64. The van der Waals surface area contributed by atoms with Gasteiger partial charge in [0.15, 0.2) is 0 Å². The van der Waals surface area contributed by atoms with E-state index in [1.807, 2.05) is 12.1 Å². The van der Waals surface area contributed by atoms with Crippen molar-refractivity contribution in [2.24, 2.45) is 5.14 Å². The number of halogens is 1. The number of rotatable bonds is 7. The number of ether oxygens (including phenoxy) is 1. The number of nitrogens with zero attached hydrogens (tertiary/aromatic N) is 1. The lowest BCUT2D eigenvalue weighted by atomic mass is 10.1. The lowest BCUT2D eigenvalue weighted by Gasteiger charge is -2.12. The molecule has 0 saturated carbocycles. The van der Waals surface area contributed by atoms with Crippen LogP contribution in [0.3, 0.4) is 0 Å². The third-order valence-electron chi connectivity index (χ3n) is 5.06. The number of sulfonamides is 1. The summed E-state index contributed by atoms with van der Waals surface area (Å²) in [6.45, 7) is 0. The molecule has 0 fully saturated rings. The van der Waals surface area contributed by atoms with Gasteiger partial charge in [-0.15, -0.1) is 0 Å². The van der Waals surface area contributed by atoms with Gasteiger partial charge in [-0.3, -0.25) is 4.79 Å². The summed E-state index contributed by atoms with van der Waals surface area (Å²) in [6, 6.07) is 18.8. The van der Waals surface area contributed by atoms with Crippen molar-refractivity contribution in [1.29, 1.82) is 0 Å². The molecule has 0 aliphatic carbocycles. The third-order valence-corrected chi connectivity index (χ3v) is 6.38. The van der Waals surface area contributed by atoms with Gasteiger partial charge in [-0.25, -0.2) is 18.5 Å². The standard InChI is InChI=1S/C24H21ClN4O4S/c1-33-19-8-6-17(7-9-19)28-23-13-20-16(14-27-23)10-18(12-22(20)34(26,31)32)29-24(30)11-15-4-2-3-5-21(15)25/h2-10,12-14H,11H2,1H3,(H,27,28)(H,29,30)(H2,26,31,32). The summed E-state index contributed by atoms with van der Waals surface area (Å²) in [5.74, 6) is 0.786. The zero-order chi connectivity index (χ0) is 24.3. The zero-order valence-corrected chi connectivity index (χ0v) is 19.7. The fourth-order valence-electron chi connectivity index (χ4n) is 3.44. The van der Waals surface area contributed by atoms with E-state index in [1.54, 1.807) is 55.6 Å². The van der Waals surface area contributed by atoms with Crippen LogP contribution in [-0.2, 0) is 21.2 Å². The molecule has 4 N–H and O–H groups in total. The fourth-order valence-corrected chi connectivity index (χ4v) is 4.42. The van der Waals surface area contributed by atoms with E-state index in [9.17, 15) is 13.2 Å². The van der Waals surface area contributed by atoms with Gasteiger partial charge in [-0.2, -0.15) is 0 Å². The minimum Gasteiger partial charge on any atom is -0.497 e. The minimum atomic E-state index is -4.10. The largest absolute Gasteiger partial charge is 0.497 e. The predicted molar refractivity (Wildman–Crippen MR) is 133 cm³/mol. The monoisotopic (exact) mass is 496 g/mol. The van der Waals surface area contributed by atoms with Crippen LogP contribution in [0.1, 0.15) is 5.56 Å². The van der Waals surface area contributed by atoms with Gasteiger partial charge < -0.3 is 15.4 Å². The van der Waals surface area contributed by atoms with Gasteiger partial charge in [0, 0.05) is 33.4 Å². The second-order valence-corrected chi connectivity index (χ2v) is 9.42. The van der Waals surface area contributed by atoms with Gasteiger partial charge in [0.1, 0.15) is 11.6 Å². The van der Waals surface area contributed by atoms with Crippen LogP contribution in [0.2, 0.25) is 5.02 Å². The van der Waals surface area contributed by atoms with E-state index in [2.05, 4.69) is 15.6 Å². The summed E-state index contributed by atoms with van der Waals surface area (Å²) in [7, 11) is -2.52. The van der Waals surface area contributed by atoms with Crippen molar-refractivity contribution < 1.29 is 17.9 Å². The lowest BCUT2D eigenvalue weighted by molar-refractivity contribution is -0.115. The molecule has 4 aromatic rings. The number of pyridine rings is 1. The molecule has 1 heterocycles. The number of hydrogen-bond acceptors (Lipinski definition) is 6. The van der Waals surface area contributed by atoms with Gasteiger partial charge in [0.25, 0.3) is 0 Å². The number of benzene rings is 3. The number of nitrogens with two attached hydrogens (primary N) is 1. The van der Waals surface area contributed by atoms with Gasteiger partial charge in [-0.05, 0) is 54.1 Å². The second kappa shape index (κ2) is 9.68. The number of carbonyl (C=O) groups is 1. The van der Waals surface area contributed by atoms with E-state index in [-0.39, 0.29) is 22.9 Å². The molecular formula is C24H21ClN4O4S. The first-order valence-electron chi connectivity index (χ1n) is 10.1. The first-order valence-corrected chi connectivity index (χ1v) is 12.1. The zero-order valence-electron chi connectivity index (χ0n) is 18.1. The Kier molecular flexibility index (Phi) is 6.69. The van der Waals surface area contributed by atoms with Crippen LogP contribution in [0.15, 0.2) is 77.8 Å². The highest BCUT2D eigenvalue weighted by Gasteiger charge is 2.17. The summed E-state index contributed by atoms with van der Waals surface area (Å²) in [5, 5.41) is 12.7. The molecule has 0 bridgehead atoms. The number of aromatic nitrogens is 1. The Labute approximate surface area is 201 Å². The molecule has 174 valence electrons. The van der Waals surface area contributed by atoms with Crippen LogP contribution >= 0.6 is 11.6 Å². The van der Waals surface area contributed by atoms with Crippen molar-refractivity contribution in [3.05, 3.63) is 83.5 Å². The molecule has 0 unspecified atom stereocenters. The van der Waals surface area contributed by atoms with Crippen molar-refractivity contribution in [3.63, 3.8) is 0 Å². The normalized spacial score (nSPS) is 11.3. The Hall–Kier alpha value is -3.66. The first kappa shape index (κ1) is 23.5. The molecule has 0 atom stereocenters. The molecule has 0 aliphatic heterocycles. The number of methoxy groups -OCH3 is 1. The summed E-state index contributed by atoms with van der Waals surface area (Å²) in [6.07, 6.45) is 1.55. The highest BCUT2D eigenvalue weighted by atomic mass is 35.5. The fraction of sp³-hybridized carbons (Fsp3) is 0.0833. The predicted octanol–water partition coefficient (Wildman–Crippen LogP) is 4.47. The minimum absolute atomic E-state index is 0.0331. The first-order chi connectivity index (χ1) is 16.2. The van der Waals surface area contributed by atoms with E-state index in [0.29, 0.717) is 32.9 Å². The Morgan fingerprint density at radius 3 is 2.47 bits per heavy atom. The molecule has 4 rings (SSSR count). The number of carbonyl (C=O) groups excluding carboxylic acids is 1. The molecule has 0 aliphatic rings. The highest BCUT2D eigenvalue weighted by Crippen LogP contribution is 2.30. The van der Waals surface area contributed by atoms with E-state index in [0.717, 1.165) is 5.69 Å². The SMILES string of the molecule is COc1ccc(Nc2cc3c(S(N)(=O)=O)cc(NC(=O)Cc4ccccc4Cl)cc3cn2)cc1. The smallest absolute Gasteiger partial charge is 0.238 e. The number of hydrogen-bond donors (Lipinski definition) is 3. The van der Waals surface area contributed by atoms with Crippen LogP contribution in [-0.4, -0.2) is 26.4 Å². The van der Waals surface area contributed by atoms with Crippen molar-refractivity contribution >= 4 is 55.5 Å². The number of anilines is 3. The Morgan fingerprint density at radius 2 is 1.79 bits per heavy atom. The van der Waals surface area contributed by atoms with Crippen molar-refractivity contribution in [2.45, 2.75) is 11.3 Å². The average molecular weight is 497 g/mol. The van der Waals surface area contributed by atoms with Gasteiger partial charge in [-0.1, -0.05) is 29.8 Å². The average Bonchev–Trinajstić information content (AvgIpc) is 2.80. The molecule has 34 heavy (non-hydrogen) atoms. The van der Waals surface area contributed by atoms with Gasteiger partial charge >= 0.3 is 0 Å². The summed E-state index contributed by atoms with van der Waals surface area (Å²) in [4.78, 5) is 16.8. The molecule has 10 heteroatoms. The maximum absolute atomic E-state index is 12.5. The molecule has 0 saturated heterocycles. The van der Waals surface area contributed by atoms with Crippen molar-refractivity contribution in [3.8, 4) is 5.75 Å². The van der Waals surface area contributed by atoms with E-state index in [1.165, 1.54) is 12.3 Å². The number of fused-ring (bicyclic) bond motifs is 1. The molecule has 3 aromatic carbocycles. The summed E-state index contributed by atoms with van der Waals surface area (Å²) in [5.41, 5.74) is 1.68. The summed E-state index contributed by atoms with van der Waals surface area (Å²) < 4.78 is 29.9. The summed E-state index contributed by atoms with van der Waals surface area (Å²) >= 11 is 6.13. The number of nitrogens with one attached hydrogen (secondary N) is 2. The second-order valence-electron chi connectivity index (χ2n) is 7.48. The van der Waals surface area contributed by atoms with Crippen LogP contribution in [0, 0.1) is 0 Å².